The smallest absolute Gasteiger partial charge is 0.289 e. The van der Waals surface area contributed by atoms with E-state index in [1.165, 1.54) is 12.3 Å². The fraction of sp³-hybridized carbons (Fsp3) is 0.304. The summed E-state index contributed by atoms with van der Waals surface area (Å²) in [6.07, 6.45) is 3.82. The van der Waals surface area contributed by atoms with E-state index in [0.717, 1.165) is 0 Å². The SMILES string of the molecule is O=C1C[C@@H](c2ccccc2F)Cc2nc(N3CCN(C(=O)c4ccco4)CC3)ncc21. The molecule has 1 saturated heterocycles. The van der Waals surface area contributed by atoms with Crippen molar-refractivity contribution in [2.45, 2.75) is 18.8 Å². The molecule has 5 rings (SSSR count). The number of ketones is 1. The van der Waals surface area contributed by atoms with Gasteiger partial charge < -0.3 is 14.2 Å². The van der Waals surface area contributed by atoms with E-state index in [1.54, 1.807) is 41.4 Å². The summed E-state index contributed by atoms with van der Waals surface area (Å²) >= 11 is 0. The molecule has 0 saturated carbocycles. The molecule has 158 valence electrons. The van der Waals surface area contributed by atoms with Crippen molar-refractivity contribution in [2.75, 3.05) is 31.1 Å². The van der Waals surface area contributed by atoms with Gasteiger partial charge in [-0.1, -0.05) is 18.2 Å². The average molecular weight is 420 g/mol. The quantitative estimate of drug-likeness (QED) is 0.648. The highest BCUT2D eigenvalue weighted by molar-refractivity contribution is 5.98. The van der Waals surface area contributed by atoms with Gasteiger partial charge in [0, 0.05) is 38.8 Å². The molecule has 1 atom stereocenters. The number of carbonyl (C=O) groups is 2. The first-order valence-electron chi connectivity index (χ1n) is 10.3. The molecule has 3 aromatic rings. The van der Waals surface area contributed by atoms with Crippen molar-refractivity contribution in [3.63, 3.8) is 0 Å². The predicted octanol–water partition coefficient (Wildman–Crippen LogP) is 3.08. The average Bonchev–Trinajstić information content (AvgIpc) is 3.33. The van der Waals surface area contributed by atoms with Crippen LogP contribution in [0, 0.1) is 5.82 Å². The van der Waals surface area contributed by atoms with Crippen LogP contribution in [0.3, 0.4) is 0 Å². The van der Waals surface area contributed by atoms with Gasteiger partial charge in [-0.15, -0.1) is 0 Å². The molecule has 8 heteroatoms. The molecule has 0 N–H and O–H groups in total. The standard InChI is InChI=1S/C23H21FN4O3/c24-18-5-2-1-4-16(18)15-12-19-17(20(29)13-15)14-25-23(26-19)28-9-7-27(8-10-28)22(30)21-6-3-11-31-21/h1-6,11,14-15H,7-10,12-13H2/t15-/m0/s1. The predicted molar refractivity (Wildman–Crippen MR) is 111 cm³/mol. The van der Waals surface area contributed by atoms with Crippen molar-refractivity contribution in [3.05, 3.63) is 77.3 Å². The third-order valence-electron chi connectivity index (χ3n) is 5.95. The zero-order valence-electron chi connectivity index (χ0n) is 16.8. The Morgan fingerprint density at radius 3 is 2.61 bits per heavy atom. The van der Waals surface area contributed by atoms with Crippen LogP contribution in [-0.2, 0) is 6.42 Å². The molecule has 1 aromatic carbocycles. The van der Waals surface area contributed by atoms with Crippen molar-refractivity contribution >= 4 is 17.6 Å². The molecule has 0 spiro atoms. The zero-order valence-corrected chi connectivity index (χ0v) is 16.8. The van der Waals surface area contributed by atoms with E-state index < -0.39 is 0 Å². The van der Waals surface area contributed by atoms with Crippen molar-refractivity contribution in [2.24, 2.45) is 0 Å². The number of anilines is 1. The lowest BCUT2D eigenvalue weighted by atomic mass is 9.82. The molecule has 1 fully saturated rings. The summed E-state index contributed by atoms with van der Waals surface area (Å²) in [5.41, 5.74) is 1.72. The maximum absolute atomic E-state index is 14.3. The van der Waals surface area contributed by atoms with Gasteiger partial charge >= 0.3 is 0 Å². The number of amides is 1. The second-order valence-corrected chi connectivity index (χ2v) is 7.84. The third kappa shape index (κ3) is 3.69. The van der Waals surface area contributed by atoms with Crippen LogP contribution in [0.4, 0.5) is 10.3 Å². The van der Waals surface area contributed by atoms with Gasteiger partial charge in [0.2, 0.25) is 5.95 Å². The minimum absolute atomic E-state index is 0.0603. The number of benzene rings is 1. The molecule has 1 aliphatic carbocycles. The van der Waals surface area contributed by atoms with Gasteiger partial charge in [0.25, 0.3) is 5.91 Å². The highest BCUT2D eigenvalue weighted by atomic mass is 19.1. The molecule has 31 heavy (non-hydrogen) atoms. The van der Waals surface area contributed by atoms with Crippen molar-refractivity contribution in [3.8, 4) is 0 Å². The number of hydrogen-bond donors (Lipinski definition) is 0. The number of Topliss-reactive ketones (excluding diaryl/α,β-unsaturated/α-hetero) is 1. The lowest BCUT2D eigenvalue weighted by Gasteiger charge is -2.34. The molecular weight excluding hydrogens is 399 g/mol. The molecule has 0 bridgehead atoms. The molecular formula is C23H21FN4O3. The van der Waals surface area contributed by atoms with E-state index in [1.807, 2.05) is 4.90 Å². The maximum atomic E-state index is 14.3. The number of hydrogen-bond acceptors (Lipinski definition) is 6. The first-order valence-corrected chi connectivity index (χ1v) is 10.3. The molecule has 2 aliphatic rings. The first-order chi connectivity index (χ1) is 15.1. The molecule has 0 radical (unpaired) electrons. The Morgan fingerprint density at radius 1 is 1.06 bits per heavy atom. The molecule has 7 nitrogen and oxygen atoms in total. The van der Waals surface area contributed by atoms with E-state index in [9.17, 15) is 14.0 Å². The van der Waals surface area contributed by atoms with E-state index in [4.69, 9.17) is 4.42 Å². The Morgan fingerprint density at radius 2 is 1.87 bits per heavy atom. The van der Waals surface area contributed by atoms with Crippen LogP contribution < -0.4 is 4.90 Å². The summed E-state index contributed by atoms with van der Waals surface area (Å²) in [6.45, 7) is 2.21. The number of aromatic nitrogens is 2. The normalized spacial score (nSPS) is 18.7. The van der Waals surface area contributed by atoms with Gasteiger partial charge in [-0.2, -0.15) is 0 Å². The number of halogens is 1. The second-order valence-electron chi connectivity index (χ2n) is 7.84. The summed E-state index contributed by atoms with van der Waals surface area (Å²) in [5, 5.41) is 0. The van der Waals surface area contributed by atoms with Gasteiger partial charge in [-0.05, 0) is 36.1 Å². The van der Waals surface area contributed by atoms with Gasteiger partial charge in [0.15, 0.2) is 11.5 Å². The second kappa shape index (κ2) is 7.94. The lowest BCUT2D eigenvalue weighted by Crippen LogP contribution is -2.49. The van der Waals surface area contributed by atoms with E-state index in [0.29, 0.717) is 61.1 Å². The third-order valence-corrected chi connectivity index (χ3v) is 5.95. The summed E-state index contributed by atoms with van der Waals surface area (Å²) in [5.74, 6) is 0.147. The number of nitrogens with zero attached hydrogens (tertiary/aromatic N) is 4. The molecule has 1 amide bonds. The van der Waals surface area contributed by atoms with Crippen LogP contribution in [-0.4, -0.2) is 52.7 Å². The minimum Gasteiger partial charge on any atom is -0.459 e. The first kappa shape index (κ1) is 19.4. The van der Waals surface area contributed by atoms with Crippen molar-refractivity contribution in [1.82, 2.24) is 14.9 Å². The highest BCUT2D eigenvalue weighted by Crippen LogP contribution is 2.33. The minimum atomic E-state index is -0.296. The van der Waals surface area contributed by atoms with Gasteiger partial charge in [0.1, 0.15) is 5.82 Å². The van der Waals surface area contributed by atoms with Crippen LogP contribution in [0.1, 0.15) is 44.5 Å². The summed E-state index contributed by atoms with van der Waals surface area (Å²) in [4.78, 5) is 37.9. The Balaban J connectivity index is 1.32. The number of carbonyl (C=O) groups excluding carboxylic acids is 2. The number of furan rings is 1. The highest BCUT2D eigenvalue weighted by Gasteiger charge is 2.31. The zero-order chi connectivity index (χ0) is 21.4. The van der Waals surface area contributed by atoms with Gasteiger partial charge in [-0.3, -0.25) is 9.59 Å². The number of rotatable bonds is 3. The van der Waals surface area contributed by atoms with Crippen LogP contribution in [0.25, 0.3) is 0 Å². The summed E-state index contributed by atoms with van der Waals surface area (Å²) in [6, 6.07) is 9.94. The van der Waals surface area contributed by atoms with Crippen LogP contribution in [0.15, 0.2) is 53.3 Å². The van der Waals surface area contributed by atoms with Crippen molar-refractivity contribution in [1.29, 1.82) is 0 Å². The Hall–Kier alpha value is -3.55. The molecule has 2 aromatic heterocycles. The van der Waals surface area contributed by atoms with Crippen LogP contribution in [0.5, 0.6) is 0 Å². The largest absolute Gasteiger partial charge is 0.459 e. The fourth-order valence-corrected chi connectivity index (χ4v) is 4.28. The Kier molecular flexibility index (Phi) is 4.97. The number of fused-ring (bicyclic) bond motifs is 1. The fourth-order valence-electron chi connectivity index (χ4n) is 4.28. The van der Waals surface area contributed by atoms with Crippen molar-refractivity contribution < 1.29 is 18.4 Å². The van der Waals surface area contributed by atoms with Gasteiger partial charge in [-0.25, -0.2) is 14.4 Å². The summed E-state index contributed by atoms with van der Waals surface area (Å²) in [7, 11) is 0. The molecule has 0 unspecified atom stereocenters. The lowest BCUT2D eigenvalue weighted by molar-refractivity contribution is 0.0714. The Bertz CT molecular complexity index is 1120. The maximum Gasteiger partial charge on any atom is 0.289 e. The van der Waals surface area contributed by atoms with E-state index in [-0.39, 0.29) is 29.8 Å². The molecule has 3 heterocycles. The molecule has 1 aliphatic heterocycles. The van der Waals surface area contributed by atoms with Crippen LogP contribution in [0.2, 0.25) is 0 Å². The number of piperazine rings is 1. The summed E-state index contributed by atoms with van der Waals surface area (Å²) < 4.78 is 19.5. The van der Waals surface area contributed by atoms with E-state index >= 15 is 0 Å². The van der Waals surface area contributed by atoms with E-state index in [2.05, 4.69) is 9.97 Å². The van der Waals surface area contributed by atoms with Crippen LogP contribution >= 0.6 is 0 Å². The Labute approximate surface area is 178 Å². The topological polar surface area (TPSA) is 79.5 Å². The van der Waals surface area contributed by atoms with Gasteiger partial charge in [0.05, 0.1) is 17.5 Å². The monoisotopic (exact) mass is 420 g/mol.